The van der Waals surface area contributed by atoms with Crippen molar-refractivity contribution in [1.29, 1.82) is 0 Å². The number of benzene rings is 15. The highest BCUT2D eigenvalue weighted by atomic mass is 16.5. The van der Waals surface area contributed by atoms with Crippen LogP contribution in [0.4, 0.5) is 28.4 Å². The van der Waals surface area contributed by atoms with Crippen LogP contribution in [0.1, 0.15) is 38.2 Å². The molecular formula is C117H101N23O6. The molecule has 0 aliphatic rings. The van der Waals surface area contributed by atoms with E-state index < -0.39 is 5.97 Å². The van der Waals surface area contributed by atoms with E-state index in [0.29, 0.717) is 42.6 Å². The quantitative estimate of drug-likeness (QED) is 0.0254. The SMILES string of the molecule is COc1cc(NCc2cccc(-n3cnc4ccccc43)c2)cc(OC)c1OC.COc1cc(NCc2cccc(-n3cnc4ccccc43)c2)ccc1-n1ccnc1.O=C(O)c1ccc(NCc2cccc(-n3cnc4ccccc43)c2)cc1-n1ccnc1.c1cc(CNc2ccc(-n3ccnc3)cc2)cc(-n2cnc3ccccc32)c1.c1cc(NCc2cccc(-n3cnc4ccccc43)c2)cc(-n2ccnc2)c1. The molecule has 720 valence electrons. The van der Waals surface area contributed by atoms with Crippen LogP contribution in [-0.2, 0) is 32.7 Å². The van der Waals surface area contributed by atoms with Gasteiger partial charge in [0, 0.05) is 169 Å². The third-order valence-corrected chi connectivity index (χ3v) is 24.7. The maximum absolute atomic E-state index is 11.6. The molecular weight excluding hydrogens is 1820 g/mol. The van der Waals surface area contributed by atoms with Gasteiger partial charge in [0.05, 0.1) is 126 Å². The van der Waals surface area contributed by atoms with Crippen LogP contribution in [0.2, 0.25) is 0 Å². The molecule has 0 spiro atoms. The van der Waals surface area contributed by atoms with Gasteiger partial charge in [-0.2, -0.15) is 0 Å². The largest absolute Gasteiger partial charge is 0.494 e. The van der Waals surface area contributed by atoms with Gasteiger partial charge in [0.15, 0.2) is 11.5 Å². The summed E-state index contributed by atoms with van der Waals surface area (Å²) in [6, 6.07) is 114. The van der Waals surface area contributed by atoms with Crippen LogP contribution in [0, 0.1) is 0 Å². The van der Waals surface area contributed by atoms with E-state index >= 15 is 0 Å². The van der Waals surface area contributed by atoms with Gasteiger partial charge in [0.2, 0.25) is 5.75 Å². The number of rotatable bonds is 29. The zero-order valence-electron chi connectivity index (χ0n) is 80.2. The first-order chi connectivity index (χ1) is 72.0. The summed E-state index contributed by atoms with van der Waals surface area (Å²) in [5, 5.41) is 26.8. The first kappa shape index (κ1) is 93.8. The summed E-state index contributed by atoms with van der Waals surface area (Å²) in [7, 11) is 6.50. The van der Waals surface area contributed by atoms with Gasteiger partial charge in [-0.15, -0.1) is 0 Å². The smallest absolute Gasteiger partial charge is 0.337 e. The average molecular weight is 1930 g/mol. The highest BCUT2D eigenvalue weighted by molar-refractivity contribution is 5.93. The van der Waals surface area contributed by atoms with Crippen LogP contribution in [0.3, 0.4) is 0 Å². The van der Waals surface area contributed by atoms with Gasteiger partial charge in [-0.05, 0) is 222 Å². The van der Waals surface area contributed by atoms with E-state index in [4.69, 9.17) is 18.9 Å². The topological polar surface area (TPSA) is 295 Å². The molecule has 6 N–H and O–H groups in total. The predicted molar refractivity (Wildman–Crippen MR) is 576 cm³/mol. The Morgan fingerprint density at radius 2 is 0.555 bits per heavy atom. The monoisotopic (exact) mass is 1920 g/mol. The molecule has 29 nitrogen and oxygen atoms in total. The normalized spacial score (nSPS) is 10.9. The van der Waals surface area contributed by atoms with Crippen LogP contribution in [-0.4, -0.2) is 125 Å². The van der Waals surface area contributed by atoms with Gasteiger partial charge in [0.1, 0.15) is 37.4 Å². The number of nitrogens with zero attached hydrogens (tertiary/aromatic N) is 18. The Hall–Kier alpha value is -19.8. The lowest BCUT2D eigenvalue weighted by Gasteiger charge is -2.15. The van der Waals surface area contributed by atoms with E-state index in [1.54, 1.807) is 101 Å². The van der Waals surface area contributed by atoms with E-state index in [0.717, 1.165) is 159 Å². The van der Waals surface area contributed by atoms with Crippen molar-refractivity contribution in [2.24, 2.45) is 0 Å². The highest BCUT2D eigenvalue weighted by Crippen LogP contribution is 2.41. The maximum Gasteiger partial charge on any atom is 0.337 e. The number of carboxylic acid groups (broad SMARTS) is 1. The fourth-order valence-electron chi connectivity index (χ4n) is 17.3. The average Bonchev–Trinajstić information content (AvgIpc) is 1.67. The van der Waals surface area contributed by atoms with Crippen molar-refractivity contribution in [3.05, 3.63) is 480 Å². The third kappa shape index (κ3) is 21.9. The molecule has 0 amide bonds. The number of methoxy groups -OCH3 is 4. The Bertz CT molecular complexity index is 8500. The zero-order chi connectivity index (χ0) is 99.3. The molecule has 0 aliphatic carbocycles. The van der Waals surface area contributed by atoms with Gasteiger partial charge < -0.3 is 68.9 Å². The zero-order valence-corrected chi connectivity index (χ0v) is 80.2. The van der Waals surface area contributed by atoms with Gasteiger partial charge in [-0.25, -0.2) is 49.7 Å². The first-order valence-corrected chi connectivity index (χ1v) is 47.2. The molecule has 0 saturated heterocycles. The summed E-state index contributed by atoms with van der Waals surface area (Å²) < 4.78 is 39.9. The number of aromatic carboxylic acids is 1. The van der Waals surface area contributed by atoms with E-state index in [1.165, 1.54) is 16.7 Å². The van der Waals surface area contributed by atoms with E-state index in [1.807, 2.05) is 203 Å². The highest BCUT2D eigenvalue weighted by Gasteiger charge is 2.19. The lowest BCUT2D eigenvalue weighted by atomic mass is 10.1. The molecule has 15 aromatic carbocycles. The Balaban J connectivity index is 0.000000111. The summed E-state index contributed by atoms with van der Waals surface area (Å²) in [4.78, 5) is 50.3. The van der Waals surface area contributed by atoms with Crippen molar-refractivity contribution in [2.75, 3.05) is 55.0 Å². The molecule has 0 aliphatic heterocycles. The number of aromatic nitrogens is 18. The summed E-state index contributed by atoms with van der Waals surface area (Å²) in [6.45, 7) is 3.45. The first-order valence-electron chi connectivity index (χ1n) is 47.2. The van der Waals surface area contributed by atoms with E-state index in [-0.39, 0.29) is 5.56 Å². The number of carbonyl (C=O) groups is 1. The molecule has 0 atom stereocenters. The van der Waals surface area contributed by atoms with Gasteiger partial charge in [0.25, 0.3) is 0 Å². The number of nitrogens with one attached hydrogen (secondary N) is 5. The van der Waals surface area contributed by atoms with Gasteiger partial charge >= 0.3 is 5.97 Å². The molecule has 0 unspecified atom stereocenters. The molecule has 9 aromatic heterocycles. The number of hydrogen-bond donors (Lipinski definition) is 6. The Labute approximate surface area is 840 Å². The van der Waals surface area contributed by atoms with Crippen LogP contribution < -0.4 is 45.5 Å². The number of fused-ring (bicyclic) bond motifs is 5. The molecule has 146 heavy (non-hydrogen) atoms. The Morgan fingerprint density at radius 1 is 0.253 bits per heavy atom. The number of carboxylic acids is 1. The number of anilines is 5. The molecule has 24 rings (SSSR count). The second-order valence-corrected chi connectivity index (χ2v) is 33.9. The Kier molecular flexibility index (Phi) is 28.6. The predicted octanol–water partition coefficient (Wildman–Crippen LogP) is 23.7. The van der Waals surface area contributed by atoms with Crippen LogP contribution >= 0.6 is 0 Å². The lowest BCUT2D eigenvalue weighted by molar-refractivity contribution is 0.0696. The van der Waals surface area contributed by atoms with Crippen molar-refractivity contribution in [3.8, 4) is 74.2 Å². The summed E-state index contributed by atoms with van der Waals surface area (Å²) in [6.07, 6.45) is 30.7. The minimum absolute atomic E-state index is 0.220. The number of hydrogen-bond acceptors (Lipinski definition) is 19. The second kappa shape index (κ2) is 44.5. The van der Waals surface area contributed by atoms with E-state index in [9.17, 15) is 9.90 Å². The lowest BCUT2D eigenvalue weighted by Crippen LogP contribution is -2.06. The van der Waals surface area contributed by atoms with Crippen LogP contribution in [0.15, 0.2) is 446 Å². The van der Waals surface area contributed by atoms with Crippen molar-refractivity contribution >= 4 is 89.6 Å². The van der Waals surface area contributed by atoms with Crippen molar-refractivity contribution in [1.82, 2.24) is 86.0 Å². The second-order valence-electron chi connectivity index (χ2n) is 33.9. The van der Waals surface area contributed by atoms with Gasteiger partial charge in [-0.1, -0.05) is 127 Å². The molecule has 29 heteroatoms. The number of imidazole rings is 9. The number of para-hydroxylation sites is 10. The molecule has 9 heterocycles. The van der Waals surface area contributed by atoms with E-state index in [2.05, 4.69) is 282 Å². The van der Waals surface area contributed by atoms with Crippen molar-refractivity contribution in [2.45, 2.75) is 32.7 Å². The third-order valence-electron chi connectivity index (χ3n) is 24.7. The molecule has 24 aromatic rings. The number of ether oxygens (including phenoxy) is 4. The Morgan fingerprint density at radius 3 is 0.911 bits per heavy atom. The fourth-order valence-corrected chi connectivity index (χ4v) is 17.3. The fraction of sp³-hybridized carbons (Fsp3) is 0.0769. The van der Waals surface area contributed by atoms with Crippen LogP contribution in [0.5, 0.6) is 23.0 Å². The summed E-state index contributed by atoms with van der Waals surface area (Å²) in [5.74, 6) is 1.63. The van der Waals surface area contributed by atoms with Crippen molar-refractivity contribution < 1.29 is 28.8 Å². The standard InChI is InChI=1S/C24H19N5O2.C24H21N5O.2C23H19N5.C23H23N3O3/c30-24(31)20-9-8-18(13-23(20)28-11-10-25-15-28)26-14-17-4-3-5-19(12-17)29-16-27-21-6-1-2-7-22(21)29;1-30-24-14-19(9-10-23(24)28-12-11-25-16-28)26-15-18-5-4-6-20(13-18)29-17-27-21-7-2-3-8-22(21)29;1-2-10-23-22(9-1)26-17-28(23)21-8-3-5-18(13-21)15-25-19-6-4-7-20(14-19)27-12-11-24-16-27;1-2-7-23-22(6-1)26-17-28(23)21-5-3-4-18(14-21)15-25-19-8-10-20(11-9-19)27-13-12-24-16-27;1-27-21-12-17(13-22(28-2)23(21)29-3)24-14-16-7-6-8-18(11-16)26-15-25-19-9-4-5-10-20(19)26/h1-13,15-16,26H,14H2,(H,30,31);2-14,16-17,26H,15H2,1H3;2*1-14,16-17,25H,15H2;4-13,15,24H,14H2,1-3H3. The minimum Gasteiger partial charge on any atom is -0.494 e. The molecule has 0 fully saturated rings. The summed E-state index contributed by atoms with van der Waals surface area (Å²) >= 11 is 0. The minimum atomic E-state index is -0.976. The van der Waals surface area contributed by atoms with Crippen LogP contribution in [0.25, 0.3) is 106 Å². The summed E-state index contributed by atoms with van der Waals surface area (Å²) in [5.41, 5.74) is 30.5. The molecule has 0 bridgehead atoms. The van der Waals surface area contributed by atoms with Gasteiger partial charge in [-0.3, -0.25) is 22.8 Å². The molecule has 0 saturated carbocycles. The van der Waals surface area contributed by atoms with Crippen molar-refractivity contribution in [3.63, 3.8) is 0 Å². The molecule has 0 radical (unpaired) electrons. The maximum atomic E-state index is 11.6.